The molecule has 0 fully saturated rings. The van der Waals surface area contributed by atoms with Crippen LogP contribution in [0.2, 0.25) is 0 Å². The first-order valence-electron chi connectivity index (χ1n) is 3.50. The number of rotatable bonds is 3. The Morgan fingerprint density at radius 3 is 2.20 bits per heavy atom. The molecular weight excluding hydrogens is 672 g/mol. The molecule has 0 saturated carbocycles. The van der Waals surface area contributed by atoms with Crippen molar-refractivity contribution in [2.75, 3.05) is 0 Å². The molecule has 0 aliphatic rings. The predicted molar refractivity (Wildman–Crippen MR) is 92.9 cm³/mol. The van der Waals surface area contributed by atoms with Crippen molar-refractivity contribution < 1.29 is 10.9 Å². The van der Waals surface area contributed by atoms with E-state index in [4.69, 9.17) is 0 Å². The van der Waals surface area contributed by atoms with Crippen LogP contribution in [-0.4, -0.2) is 8.42 Å². The van der Waals surface area contributed by atoms with Crippen LogP contribution in [0.4, 0.5) is 0 Å². The van der Waals surface area contributed by atoms with Crippen LogP contribution in [0.5, 0.6) is 0 Å². The molecule has 84 valence electrons. The van der Waals surface area contributed by atoms with Gasteiger partial charge >= 0.3 is 10.1 Å². The molecule has 0 amide bonds. The minimum atomic E-state index is -3.62. The van der Waals surface area contributed by atoms with Crippen LogP contribution in [0.3, 0.4) is 0 Å². The number of alkyl halides is 2. The molecule has 1 aromatic carbocycles. The molecule has 0 bridgehead atoms. The van der Waals surface area contributed by atoms with Gasteiger partial charge in [0.15, 0.2) is 0 Å². The lowest BCUT2D eigenvalue weighted by Gasteiger charge is -2.20. The van der Waals surface area contributed by atoms with Crippen LogP contribution in [0.1, 0.15) is 5.56 Å². The summed E-state index contributed by atoms with van der Waals surface area (Å²) < 4.78 is 27.8. The summed E-state index contributed by atoms with van der Waals surface area (Å²) in [6, 6.07) is 7.33. The second kappa shape index (κ2) is 5.79. The van der Waals surface area contributed by atoms with Crippen molar-refractivity contribution in [1.29, 1.82) is 0 Å². The summed E-state index contributed by atoms with van der Waals surface area (Å²) in [4.78, 5) is 0. The van der Waals surface area contributed by atoms with Crippen molar-refractivity contribution in [1.82, 2.24) is 0 Å². The summed E-state index contributed by atoms with van der Waals surface area (Å²) >= 11 is 7.25. The number of hydrogen-bond acceptors (Lipinski definition) is 3. The monoisotopic (exact) mass is 676 g/mol. The normalized spacial score (nSPS) is 12.8. The first-order chi connectivity index (χ1) is 6.83. The van der Waals surface area contributed by atoms with E-state index in [-0.39, 0.29) is 0 Å². The lowest BCUT2D eigenvalue weighted by Crippen LogP contribution is -2.23. The maximum atomic E-state index is 11.7. The van der Waals surface area contributed by atoms with Crippen molar-refractivity contribution in [3.63, 3.8) is 0 Å². The van der Waals surface area contributed by atoms with E-state index in [0.29, 0.717) is 0 Å². The first-order valence-corrected chi connectivity index (χ1v) is 9.03. The third kappa shape index (κ3) is 3.29. The van der Waals surface area contributed by atoms with E-state index in [0.717, 1.165) is 9.13 Å². The molecule has 0 N–H and O–H groups in total. The zero-order valence-corrected chi connectivity index (χ0v) is 16.4. The van der Waals surface area contributed by atoms with E-state index in [1.165, 1.54) is 23.0 Å². The smallest absolute Gasteiger partial charge is 0.197 e. The Labute approximate surface area is 143 Å². The highest BCUT2D eigenvalue weighted by atomic mass is 127. The minimum absolute atomic E-state index is 0.725. The van der Waals surface area contributed by atoms with E-state index in [1.54, 1.807) is 6.07 Å². The summed E-state index contributed by atoms with van der Waals surface area (Å²) in [6.07, 6.45) is 0. The van der Waals surface area contributed by atoms with E-state index >= 15 is 0 Å². The zero-order chi connectivity index (χ0) is 11.7. The van der Waals surface area contributed by atoms with Gasteiger partial charge in [-0.15, -0.1) is 0 Å². The topological polar surface area (TPSA) is 43.4 Å². The molecule has 0 radical (unpaired) electrons. The number of hydrogen-bond donors (Lipinski definition) is 0. The van der Waals surface area contributed by atoms with Crippen molar-refractivity contribution in [3.8, 4) is 0 Å². The van der Waals surface area contributed by atoms with E-state index in [9.17, 15) is 8.42 Å². The van der Waals surface area contributed by atoms with Gasteiger partial charge in [-0.3, -0.25) is 0 Å². The van der Waals surface area contributed by atoms with Crippen LogP contribution in [0.15, 0.2) is 24.3 Å². The SMILES string of the molecule is O=S(=O)(OI)C(I)(I)c1ccccc1I. The summed E-state index contributed by atoms with van der Waals surface area (Å²) in [5, 5.41) is 0. The molecule has 0 aliphatic carbocycles. The van der Waals surface area contributed by atoms with Crippen molar-refractivity contribution in [2.24, 2.45) is 0 Å². The number of halogens is 4. The van der Waals surface area contributed by atoms with Gasteiger partial charge in [-0.2, -0.15) is 10.9 Å². The molecule has 0 saturated heterocycles. The van der Waals surface area contributed by atoms with E-state index in [2.05, 4.69) is 25.1 Å². The Hall–Kier alpha value is 2.05. The molecule has 0 heterocycles. The third-order valence-electron chi connectivity index (χ3n) is 1.58. The van der Waals surface area contributed by atoms with Gasteiger partial charge in [0, 0.05) is 9.13 Å². The van der Waals surface area contributed by atoms with Gasteiger partial charge in [-0.25, -0.2) is 0 Å². The summed E-state index contributed by atoms with van der Waals surface area (Å²) in [7, 11) is -3.62. The van der Waals surface area contributed by atoms with Crippen LogP contribution in [0.25, 0.3) is 0 Å². The third-order valence-corrected chi connectivity index (χ3v) is 9.36. The van der Waals surface area contributed by atoms with Crippen molar-refractivity contribution in [2.45, 2.75) is 0.760 Å². The highest BCUT2D eigenvalue weighted by molar-refractivity contribution is 14.2. The molecule has 0 unspecified atom stereocenters. The Balaban J connectivity index is 3.36. The molecule has 1 aromatic rings. The minimum Gasteiger partial charge on any atom is -0.197 e. The van der Waals surface area contributed by atoms with Gasteiger partial charge < -0.3 is 0 Å². The highest BCUT2D eigenvalue weighted by Crippen LogP contribution is 2.47. The van der Waals surface area contributed by atoms with E-state index in [1.807, 2.05) is 63.4 Å². The quantitative estimate of drug-likeness (QED) is 0.360. The standard InChI is InChI=1S/C7H4I4O3S/c8-6-4-2-1-3-5(6)7(9,10)15(12,13)14-11/h1-4H. The lowest BCUT2D eigenvalue weighted by molar-refractivity contribution is 0.534. The average molecular weight is 676 g/mol. The van der Waals surface area contributed by atoms with Crippen molar-refractivity contribution in [3.05, 3.63) is 33.4 Å². The molecule has 0 atom stereocenters. The second-order valence-corrected chi connectivity index (χ2v) is 13.2. The Bertz CT molecular complexity index is 457. The fraction of sp³-hybridized carbons (Fsp3) is 0.143. The van der Waals surface area contributed by atoms with Gasteiger partial charge in [-0.1, -0.05) is 18.2 Å². The van der Waals surface area contributed by atoms with Gasteiger partial charge in [0.25, 0.3) is 0 Å². The molecule has 0 aromatic heterocycles. The maximum Gasteiger partial charge on any atom is 0.305 e. The molecule has 0 aliphatic heterocycles. The second-order valence-electron chi connectivity index (χ2n) is 2.51. The highest BCUT2D eigenvalue weighted by Gasteiger charge is 2.42. The van der Waals surface area contributed by atoms with Crippen LogP contribution >= 0.6 is 90.8 Å². The zero-order valence-electron chi connectivity index (χ0n) is 6.95. The Morgan fingerprint density at radius 1 is 1.20 bits per heavy atom. The van der Waals surface area contributed by atoms with Crippen LogP contribution in [0, 0.1) is 3.57 Å². The number of benzene rings is 1. The molecule has 3 nitrogen and oxygen atoms in total. The molecule has 15 heavy (non-hydrogen) atoms. The Kier molecular flexibility index (Phi) is 5.84. The summed E-state index contributed by atoms with van der Waals surface area (Å²) in [6.45, 7) is 0. The van der Waals surface area contributed by atoms with Crippen molar-refractivity contribution >= 4 is 101 Å². The van der Waals surface area contributed by atoms with Gasteiger partial charge in [0.05, 0.1) is 0 Å². The fourth-order valence-electron chi connectivity index (χ4n) is 0.871. The van der Waals surface area contributed by atoms with Gasteiger partial charge in [-0.05, 0) is 73.8 Å². The largest absolute Gasteiger partial charge is 0.305 e. The average Bonchev–Trinajstić information content (AvgIpc) is 2.18. The molecular formula is C7H4I4O3S. The molecule has 1 rings (SSSR count). The first kappa shape index (κ1) is 15.1. The predicted octanol–water partition coefficient (Wildman–Crippen LogP) is 3.97. The van der Waals surface area contributed by atoms with E-state index < -0.39 is 10.9 Å². The van der Waals surface area contributed by atoms with Gasteiger partial charge in [0.1, 0.15) is 23.0 Å². The van der Waals surface area contributed by atoms with Crippen LogP contribution in [-0.2, 0) is 13.4 Å². The molecule has 8 heteroatoms. The molecule has 0 spiro atoms. The fourth-order valence-corrected chi connectivity index (χ4v) is 7.76. The lowest BCUT2D eigenvalue weighted by atomic mass is 10.2. The summed E-state index contributed by atoms with van der Waals surface area (Å²) in [5.74, 6) is 0. The summed E-state index contributed by atoms with van der Waals surface area (Å²) in [5.41, 5.74) is 0.725. The van der Waals surface area contributed by atoms with Gasteiger partial charge in [0.2, 0.25) is 0.760 Å². The Morgan fingerprint density at radius 2 is 1.73 bits per heavy atom. The maximum absolute atomic E-state index is 11.7. The van der Waals surface area contributed by atoms with Crippen LogP contribution < -0.4 is 0 Å².